The van der Waals surface area contributed by atoms with Gasteiger partial charge in [0.25, 0.3) is 0 Å². The molecule has 0 aliphatic rings. The van der Waals surface area contributed by atoms with Crippen LogP contribution in [0, 0.1) is 0 Å². The molecule has 5 rings (SSSR count). The fraction of sp³-hybridized carbons (Fsp3) is 0. The van der Waals surface area contributed by atoms with Crippen molar-refractivity contribution in [2.24, 2.45) is 0 Å². The summed E-state index contributed by atoms with van der Waals surface area (Å²) in [5.41, 5.74) is 5.58. The van der Waals surface area contributed by atoms with Gasteiger partial charge in [-0.2, -0.15) is 0 Å². The fourth-order valence-corrected chi connectivity index (χ4v) is 5.15. The molecule has 144 valence electrons. The van der Waals surface area contributed by atoms with Crippen LogP contribution in [0.15, 0.2) is 96.8 Å². The minimum Gasteiger partial charge on any atom is -0.244 e. The number of benzene rings is 2. The third kappa shape index (κ3) is 4.01. The summed E-state index contributed by atoms with van der Waals surface area (Å²) in [5, 5.41) is 2.11. The molecule has 0 spiro atoms. The Hall–Kier alpha value is -3.34. The molecule has 0 N–H and O–H groups in total. The van der Waals surface area contributed by atoms with Crippen molar-refractivity contribution in [3.05, 3.63) is 108 Å². The Kier molecular flexibility index (Phi) is 5.34. The van der Waals surface area contributed by atoms with E-state index in [0.717, 1.165) is 21.7 Å². The fourth-order valence-electron chi connectivity index (χ4n) is 3.29. The number of thiophene rings is 2. The van der Waals surface area contributed by atoms with Crippen molar-refractivity contribution >= 4 is 34.8 Å². The lowest BCUT2D eigenvalue weighted by atomic mass is 10.0. The molecule has 3 aromatic heterocycles. The highest BCUT2D eigenvalue weighted by atomic mass is 32.1. The summed E-state index contributed by atoms with van der Waals surface area (Å²) in [6.07, 6.45) is 7.70. The second kappa shape index (κ2) is 8.57. The van der Waals surface area contributed by atoms with E-state index in [2.05, 4.69) is 100 Å². The molecular formula is C26H18N2S2. The Bertz CT molecular complexity index is 1270. The topological polar surface area (TPSA) is 25.8 Å². The van der Waals surface area contributed by atoms with Crippen molar-refractivity contribution in [3.63, 3.8) is 0 Å². The van der Waals surface area contributed by atoms with Crippen LogP contribution in [0.2, 0.25) is 0 Å². The first-order chi connectivity index (χ1) is 14.9. The summed E-state index contributed by atoms with van der Waals surface area (Å²) < 4.78 is 0. The van der Waals surface area contributed by atoms with Gasteiger partial charge in [-0.1, -0.05) is 72.8 Å². The Balaban J connectivity index is 1.40. The number of nitrogens with zero attached hydrogens (tertiary/aromatic N) is 2. The van der Waals surface area contributed by atoms with E-state index >= 15 is 0 Å². The average Bonchev–Trinajstić information content (AvgIpc) is 3.51. The van der Waals surface area contributed by atoms with Crippen LogP contribution < -0.4 is 0 Å². The number of aromatic nitrogens is 2. The lowest BCUT2D eigenvalue weighted by Crippen LogP contribution is -1.87. The van der Waals surface area contributed by atoms with Crippen molar-refractivity contribution in [3.8, 4) is 31.5 Å². The normalized spacial score (nSPS) is 11.2. The molecule has 0 saturated carbocycles. The number of rotatable bonds is 5. The third-order valence-corrected chi connectivity index (χ3v) is 6.97. The van der Waals surface area contributed by atoms with Gasteiger partial charge in [0, 0.05) is 21.5 Å². The molecule has 0 fully saturated rings. The van der Waals surface area contributed by atoms with Crippen LogP contribution in [-0.2, 0) is 0 Å². The van der Waals surface area contributed by atoms with Crippen molar-refractivity contribution in [1.82, 2.24) is 9.97 Å². The minimum atomic E-state index is 0.968. The van der Waals surface area contributed by atoms with Gasteiger partial charge in [0.15, 0.2) is 0 Å². The van der Waals surface area contributed by atoms with E-state index in [1.807, 2.05) is 12.3 Å². The summed E-state index contributed by atoms with van der Waals surface area (Å²) in [4.78, 5) is 12.5. The molecule has 0 amide bonds. The molecule has 0 saturated heterocycles. The lowest BCUT2D eigenvalue weighted by Gasteiger charge is -2.03. The molecule has 4 heteroatoms. The van der Waals surface area contributed by atoms with E-state index in [1.165, 1.54) is 20.9 Å². The first-order valence-corrected chi connectivity index (χ1v) is 11.3. The maximum Gasteiger partial charge on any atom is 0.116 e. The van der Waals surface area contributed by atoms with Crippen LogP contribution in [0.3, 0.4) is 0 Å². The average molecular weight is 423 g/mol. The predicted molar refractivity (Wildman–Crippen MR) is 129 cm³/mol. The predicted octanol–water partition coefficient (Wildman–Crippen LogP) is 7.77. The van der Waals surface area contributed by atoms with Crippen LogP contribution in [0.5, 0.6) is 0 Å². The SMILES string of the molecule is C(=C\c1cncnc1-c1ccc(-c2cccs2)s1)/c1ccc(-c2ccccc2)cc1. The highest BCUT2D eigenvalue weighted by Gasteiger charge is 2.10. The highest BCUT2D eigenvalue weighted by molar-refractivity contribution is 7.23. The van der Waals surface area contributed by atoms with E-state index in [0.29, 0.717) is 0 Å². The monoisotopic (exact) mass is 422 g/mol. The van der Waals surface area contributed by atoms with Crippen LogP contribution >= 0.6 is 22.7 Å². The van der Waals surface area contributed by atoms with Gasteiger partial charge in [0.2, 0.25) is 0 Å². The second-order valence-corrected chi connectivity index (χ2v) is 8.82. The quantitative estimate of drug-likeness (QED) is 0.289. The maximum atomic E-state index is 4.56. The second-order valence-electron chi connectivity index (χ2n) is 6.79. The van der Waals surface area contributed by atoms with Crippen molar-refractivity contribution < 1.29 is 0 Å². The van der Waals surface area contributed by atoms with Gasteiger partial charge in [0.05, 0.1) is 10.6 Å². The van der Waals surface area contributed by atoms with E-state index in [9.17, 15) is 0 Å². The van der Waals surface area contributed by atoms with Gasteiger partial charge in [-0.15, -0.1) is 22.7 Å². The molecule has 0 aliphatic carbocycles. The van der Waals surface area contributed by atoms with Gasteiger partial charge in [-0.3, -0.25) is 0 Å². The molecule has 0 unspecified atom stereocenters. The molecule has 2 nitrogen and oxygen atoms in total. The van der Waals surface area contributed by atoms with Crippen LogP contribution in [0.1, 0.15) is 11.1 Å². The third-order valence-electron chi connectivity index (χ3n) is 4.82. The Morgan fingerprint density at radius 3 is 2.27 bits per heavy atom. The first kappa shape index (κ1) is 18.7. The van der Waals surface area contributed by atoms with Crippen LogP contribution in [0.25, 0.3) is 43.6 Å². The smallest absolute Gasteiger partial charge is 0.116 e. The largest absolute Gasteiger partial charge is 0.244 e. The zero-order chi connectivity index (χ0) is 20.2. The van der Waals surface area contributed by atoms with Crippen molar-refractivity contribution in [1.29, 1.82) is 0 Å². The van der Waals surface area contributed by atoms with Gasteiger partial charge < -0.3 is 0 Å². The van der Waals surface area contributed by atoms with Crippen LogP contribution in [0.4, 0.5) is 0 Å². The van der Waals surface area contributed by atoms with Crippen LogP contribution in [-0.4, -0.2) is 9.97 Å². The zero-order valence-electron chi connectivity index (χ0n) is 16.1. The standard InChI is InChI=1S/C26H18N2S2/c1-2-5-20(6-3-1)21-11-8-19(9-12-21)10-13-22-17-27-18-28-26(22)25-15-14-24(30-25)23-7-4-16-29-23/h1-18H/b13-10+. The zero-order valence-corrected chi connectivity index (χ0v) is 17.7. The summed E-state index contributed by atoms with van der Waals surface area (Å²) in [6, 6.07) is 27.6. The summed E-state index contributed by atoms with van der Waals surface area (Å²) >= 11 is 3.52. The molecule has 2 aromatic carbocycles. The van der Waals surface area contributed by atoms with Gasteiger partial charge >= 0.3 is 0 Å². The van der Waals surface area contributed by atoms with Gasteiger partial charge in [-0.05, 0) is 40.3 Å². The van der Waals surface area contributed by atoms with Crippen molar-refractivity contribution in [2.75, 3.05) is 0 Å². The lowest BCUT2D eigenvalue weighted by molar-refractivity contribution is 1.17. The summed E-state index contributed by atoms with van der Waals surface area (Å²) in [7, 11) is 0. The molecule has 30 heavy (non-hydrogen) atoms. The molecule has 0 atom stereocenters. The molecule has 0 aliphatic heterocycles. The van der Waals surface area contributed by atoms with E-state index in [4.69, 9.17) is 0 Å². The number of hydrogen-bond acceptors (Lipinski definition) is 4. The Labute approximate surface area is 183 Å². The summed E-state index contributed by atoms with van der Waals surface area (Å²) in [5.74, 6) is 0. The summed E-state index contributed by atoms with van der Waals surface area (Å²) in [6.45, 7) is 0. The molecule has 3 heterocycles. The van der Waals surface area contributed by atoms with Gasteiger partial charge in [0.1, 0.15) is 6.33 Å². The molecule has 5 aromatic rings. The molecule has 0 radical (unpaired) electrons. The van der Waals surface area contributed by atoms with E-state index in [1.54, 1.807) is 29.0 Å². The molecular weight excluding hydrogens is 404 g/mol. The Morgan fingerprint density at radius 1 is 0.667 bits per heavy atom. The minimum absolute atomic E-state index is 0.968. The highest BCUT2D eigenvalue weighted by Crippen LogP contribution is 2.37. The number of hydrogen-bond donors (Lipinski definition) is 0. The van der Waals surface area contributed by atoms with E-state index in [-0.39, 0.29) is 0 Å². The molecule has 0 bridgehead atoms. The van der Waals surface area contributed by atoms with Gasteiger partial charge in [-0.25, -0.2) is 9.97 Å². The van der Waals surface area contributed by atoms with E-state index < -0.39 is 0 Å². The Morgan fingerprint density at radius 2 is 1.47 bits per heavy atom. The van der Waals surface area contributed by atoms with Crippen molar-refractivity contribution in [2.45, 2.75) is 0 Å². The first-order valence-electron chi connectivity index (χ1n) is 9.64. The maximum absolute atomic E-state index is 4.56.